The van der Waals surface area contributed by atoms with Crippen LogP contribution in [0.5, 0.6) is 5.75 Å². The summed E-state index contributed by atoms with van der Waals surface area (Å²) >= 11 is 0. The Morgan fingerprint density at radius 2 is 2.06 bits per heavy atom. The minimum Gasteiger partial charge on any atom is -0.493 e. The van der Waals surface area contributed by atoms with E-state index in [9.17, 15) is 0 Å². The van der Waals surface area contributed by atoms with Crippen molar-refractivity contribution in [3.05, 3.63) is 29.3 Å². The van der Waals surface area contributed by atoms with E-state index in [-0.39, 0.29) is 6.04 Å². The van der Waals surface area contributed by atoms with Crippen LogP contribution in [0.3, 0.4) is 0 Å². The Labute approximate surface area is 107 Å². The molecule has 4 nitrogen and oxygen atoms in total. The normalized spacial score (nSPS) is 31.6. The van der Waals surface area contributed by atoms with E-state index in [4.69, 9.17) is 19.9 Å². The van der Waals surface area contributed by atoms with Crippen LogP contribution >= 0.6 is 0 Å². The van der Waals surface area contributed by atoms with Gasteiger partial charge in [0, 0.05) is 5.56 Å². The average molecular weight is 249 g/mol. The highest BCUT2D eigenvalue weighted by Gasteiger charge is 2.34. The number of rotatable bonds is 1. The average Bonchev–Trinajstić information content (AvgIpc) is 2.42. The molecule has 0 spiro atoms. The van der Waals surface area contributed by atoms with Crippen LogP contribution in [0.2, 0.25) is 0 Å². The molecule has 3 rings (SSSR count). The van der Waals surface area contributed by atoms with Crippen molar-refractivity contribution in [2.45, 2.75) is 31.6 Å². The van der Waals surface area contributed by atoms with E-state index < -0.39 is 5.79 Å². The molecule has 1 saturated heterocycles. The number of benzene rings is 1. The van der Waals surface area contributed by atoms with Gasteiger partial charge in [0.25, 0.3) is 0 Å². The molecule has 0 radical (unpaired) electrons. The second-order valence-corrected chi connectivity index (χ2v) is 5.10. The molecule has 0 saturated carbocycles. The van der Waals surface area contributed by atoms with Gasteiger partial charge in [-0.3, -0.25) is 0 Å². The summed E-state index contributed by atoms with van der Waals surface area (Å²) in [6, 6.07) is 6.13. The third-order valence-corrected chi connectivity index (χ3v) is 3.58. The van der Waals surface area contributed by atoms with E-state index >= 15 is 0 Å². The summed E-state index contributed by atoms with van der Waals surface area (Å²) in [4.78, 5) is 0. The Balaban J connectivity index is 1.87. The molecule has 2 aliphatic rings. The molecule has 18 heavy (non-hydrogen) atoms. The summed E-state index contributed by atoms with van der Waals surface area (Å²) in [5.41, 5.74) is 8.05. The summed E-state index contributed by atoms with van der Waals surface area (Å²) in [6.07, 6.45) is 2.12. The molecule has 1 aromatic rings. The van der Waals surface area contributed by atoms with E-state index in [1.165, 1.54) is 5.56 Å². The Morgan fingerprint density at radius 3 is 2.83 bits per heavy atom. The Bertz CT molecular complexity index is 439. The summed E-state index contributed by atoms with van der Waals surface area (Å²) in [7, 11) is 0. The van der Waals surface area contributed by atoms with Crippen LogP contribution in [0.1, 0.15) is 24.5 Å². The van der Waals surface area contributed by atoms with E-state index in [0.29, 0.717) is 13.2 Å². The van der Waals surface area contributed by atoms with Crippen molar-refractivity contribution < 1.29 is 14.2 Å². The van der Waals surface area contributed by atoms with Crippen LogP contribution in [0.4, 0.5) is 0 Å². The lowest BCUT2D eigenvalue weighted by atomic mass is 9.99. The molecule has 0 aromatic heterocycles. The van der Waals surface area contributed by atoms with Crippen molar-refractivity contribution in [3.8, 4) is 5.75 Å². The smallest absolute Gasteiger partial charge is 0.192 e. The van der Waals surface area contributed by atoms with Gasteiger partial charge in [0.15, 0.2) is 5.79 Å². The van der Waals surface area contributed by atoms with Crippen LogP contribution in [0, 0.1) is 0 Å². The molecule has 0 unspecified atom stereocenters. The van der Waals surface area contributed by atoms with Crippen molar-refractivity contribution in [3.63, 3.8) is 0 Å². The van der Waals surface area contributed by atoms with E-state index in [1.54, 1.807) is 0 Å². The Hall–Kier alpha value is -1.10. The van der Waals surface area contributed by atoms with Crippen molar-refractivity contribution in [1.29, 1.82) is 0 Å². The fourth-order valence-corrected chi connectivity index (χ4v) is 2.43. The van der Waals surface area contributed by atoms with Crippen LogP contribution in [-0.2, 0) is 21.7 Å². The maximum atomic E-state index is 5.77. The lowest BCUT2D eigenvalue weighted by Gasteiger charge is -2.37. The van der Waals surface area contributed by atoms with Crippen molar-refractivity contribution in [2.75, 3.05) is 19.8 Å². The maximum absolute atomic E-state index is 5.77. The van der Waals surface area contributed by atoms with Gasteiger partial charge in [-0.1, -0.05) is 0 Å². The molecule has 98 valence electrons. The van der Waals surface area contributed by atoms with Crippen molar-refractivity contribution in [1.82, 2.24) is 0 Å². The molecular weight excluding hydrogens is 230 g/mol. The predicted molar refractivity (Wildman–Crippen MR) is 67.5 cm³/mol. The van der Waals surface area contributed by atoms with Crippen molar-refractivity contribution in [2.24, 2.45) is 5.73 Å². The molecule has 0 amide bonds. The lowest BCUT2D eigenvalue weighted by Crippen LogP contribution is -2.46. The van der Waals surface area contributed by atoms with Gasteiger partial charge >= 0.3 is 0 Å². The lowest BCUT2D eigenvalue weighted by molar-refractivity contribution is -0.270. The number of aryl methyl sites for hydroxylation is 1. The Morgan fingerprint density at radius 1 is 1.28 bits per heavy atom. The van der Waals surface area contributed by atoms with Gasteiger partial charge < -0.3 is 19.9 Å². The molecule has 1 fully saturated rings. The second-order valence-electron chi connectivity index (χ2n) is 5.10. The van der Waals surface area contributed by atoms with E-state index in [2.05, 4.69) is 6.07 Å². The predicted octanol–water partition coefficient (Wildman–Crippen LogP) is 1.56. The topological polar surface area (TPSA) is 53.7 Å². The van der Waals surface area contributed by atoms with Crippen LogP contribution < -0.4 is 10.5 Å². The summed E-state index contributed by atoms with van der Waals surface area (Å²) in [6.45, 7) is 3.82. The summed E-state index contributed by atoms with van der Waals surface area (Å²) < 4.78 is 17.1. The van der Waals surface area contributed by atoms with E-state index in [0.717, 1.165) is 30.8 Å². The SMILES string of the molecule is CC1(c2ccc3c(c2)CCCO3)OCC(N)CO1. The highest BCUT2D eigenvalue weighted by atomic mass is 16.7. The van der Waals surface area contributed by atoms with Gasteiger partial charge in [-0.05, 0) is 43.5 Å². The highest BCUT2D eigenvalue weighted by molar-refractivity contribution is 5.40. The first kappa shape index (κ1) is 12.0. The molecule has 0 aliphatic carbocycles. The first-order chi connectivity index (χ1) is 8.67. The third-order valence-electron chi connectivity index (χ3n) is 3.58. The number of nitrogens with two attached hydrogens (primary N) is 1. The molecule has 2 heterocycles. The van der Waals surface area contributed by atoms with Crippen molar-refractivity contribution >= 4 is 0 Å². The molecule has 1 aromatic carbocycles. The van der Waals surface area contributed by atoms with Gasteiger partial charge in [-0.15, -0.1) is 0 Å². The van der Waals surface area contributed by atoms with Gasteiger partial charge in [0.05, 0.1) is 25.9 Å². The molecule has 2 N–H and O–H groups in total. The number of fused-ring (bicyclic) bond motifs is 1. The maximum Gasteiger partial charge on any atom is 0.192 e. The standard InChI is InChI=1S/C14H19NO3/c1-14(17-8-12(15)9-18-14)11-4-5-13-10(7-11)3-2-6-16-13/h4-5,7,12H,2-3,6,8-9,15H2,1H3. The second kappa shape index (κ2) is 4.53. The number of hydrogen-bond donors (Lipinski definition) is 1. The van der Waals surface area contributed by atoms with Crippen LogP contribution in [-0.4, -0.2) is 25.9 Å². The van der Waals surface area contributed by atoms with E-state index in [1.807, 2.05) is 19.1 Å². The molecule has 2 aliphatic heterocycles. The minimum atomic E-state index is -0.678. The number of hydrogen-bond acceptors (Lipinski definition) is 4. The first-order valence-electron chi connectivity index (χ1n) is 6.47. The fourth-order valence-electron chi connectivity index (χ4n) is 2.43. The monoisotopic (exact) mass is 249 g/mol. The van der Waals surface area contributed by atoms with Crippen LogP contribution in [0.15, 0.2) is 18.2 Å². The largest absolute Gasteiger partial charge is 0.493 e. The minimum absolute atomic E-state index is 0.0287. The summed E-state index contributed by atoms with van der Waals surface area (Å²) in [5, 5.41) is 0. The molecule has 4 heteroatoms. The van der Waals surface area contributed by atoms with Gasteiger partial charge in [-0.25, -0.2) is 0 Å². The molecule has 0 bridgehead atoms. The zero-order valence-electron chi connectivity index (χ0n) is 10.6. The highest BCUT2D eigenvalue weighted by Crippen LogP contribution is 2.34. The quantitative estimate of drug-likeness (QED) is 0.820. The number of ether oxygens (including phenoxy) is 3. The third kappa shape index (κ3) is 2.11. The molecular formula is C14H19NO3. The van der Waals surface area contributed by atoms with Gasteiger partial charge in [-0.2, -0.15) is 0 Å². The zero-order valence-corrected chi connectivity index (χ0v) is 10.6. The molecule has 0 atom stereocenters. The fraction of sp³-hybridized carbons (Fsp3) is 0.571. The van der Waals surface area contributed by atoms with Gasteiger partial charge in [0.1, 0.15) is 5.75 Å². The van der Waals surface area contributed by atoms with Gasteiger partial charge in [0.2, 0.25) is 0 Å². The Kier molecular flexibility index (Phi) is 3.01. The van der Waals surface area contributed by atoms with Crippen LogP contribution in [0.25, 0.3) is 0 Å². The first-order valence-corrected chi connectivity index (χ1v) is 6.47. The zero-order chi connectivity index (χ0) is 12.6. The summed E-state index contributed by atoms with van der Waals surface area (Å²) in [5.74, 6) is 0.309.